The number of benzene rings is 1. The molecule has 0 saturated carbocycles. The fraction of sp³-hybridized carbons (Fsp3) is 0.290. The molecule has 4 aromatic heterocycles. The fourth-order valence-electron chi connectivity index (χ4n) is 5.63. The van der Waals surface area contributed by atoms with Gasteiger partial charge in [0.1, 0.15) is 6.54 Å². The van der Waals surface area contributed by atoms with Crippen molar-refractivity contribution in [2.75, 3.05) is 5.32 Å². The van der Waals surface area contributed by atoms with Gasteiger partial charge in [-0.15, -0.1) is 0 Å². The summed E-state index contributed by atoms with van der Waals surface area (Å²) in [5, 5.41) is 11.5. The molecule has 0 fully saturated rings. The van der Waals surface area contributed by atoms with Crippen LogP contribution in [-0.2, 0) is 18.4 Å². The van der Waals surface area contributed by atoms with Crippen LogP contribution in [0, 0.1) is 5.92 Å². The summed E-state index contributed by atoms with van der Waals surface area (Å²) in [6, 6.07) is 9.49. The second kappa shape index (κ2) is 12.0. The van der Waals surface area contributed by atoms with Gasteiger partial charge in [-0.05, 0) is 42.7 Å². The van der Waals surface area contributed by atoms with Crippen molar-refractivity contribution in [1.29, 1.82) is 0 Å². The Morgan fingerprint density at radius 1 is 1.00 bits per heavy atom. The van der Waals surface area contributed by atoms with Crippen LogP contribution in [-0.4, -0.2) is 46.2 Å². The standard InChI is InChI=1S/C31H28ClF3N8O2/c1-18-4-3-5-27(25-10-19(8-9-36-25)29-26(40-30(18)45)14-38-41(29)2)43-17-37-24(12-28(43)44)23-11-21(32)6-7-22(23)20-13-39-42(15-20)16-31(33,34)35/h6-15,17-18,27H,3-5,16H2,1-2H3,(H,40,45)/t18-,27+/m1/s1. The van der Waals surface area contributed by atoms with Gasteiger partial charge in [-0.25, -0.2) is 4.98 Å². The van der Waals surface area contributed by atoms with Crippen LogP contribution >= 0.6 is 11.6 Å². The van der Waals surface area contributed by atoms with E-state index in [-0.39, 0.29) is 17.4 Å². The van der Waals surface area contributed by atoms with Crippen LogP contribution in [0.5, 0.6) is 0 Å². The second-order valence-electron chi connectivity index (χ2n) is 11.1. The molecule has 1 amide bonds. The number of hydrogen-bond acceptors (Lipinski definition) is 6. The summed E-state index contributed by atoms with van der Waals surface area (Å²) in [7, 11) is 1.79. The first-order valence-corrected chi connectivity index (χ1v) is 14.6. The molecule has 14 heteroatoms. The van der Waals surface area contributed by atoms with Crippen LogP contribution in [0.4, 0.5) is 18.9 Å². The number of pyridine rings is 1. The molecule has 0 radical (unpaired) electrons. The molecular weight excluding hydrogens is 609 g/mol. The number of amides is 1. The third-order valence-corrected chi connectivity index (χ3v) is 8.10. The van der Waals surface area contributed by atoms with Gasteiger partial charge in [-0.2, -0.15) is 23.4 Å². The van der Waals surface area contributed by atoms with E-state index in [0.29, 0.717) is 63.7 Å². The molecule has 0 saturated heterocycles. The van der Waals surface area contributed by atoms with Gasteiger partial charge in [0.2, 0.25) is 5.91 Å². The molecule has 1 N–H and O–H groups in total. The Morgan fingerprint density at radius 2 is 1.82 bits per heavy atom. The first-order chi connectivity index (χ1) is 21.5. The minimum atomic E-state index is -4.43. The summed E-state index contributed by atoms with van der Waals surface area (Å²) in [5.41, 5.74) is 4.10. The van der Waals surface area contributed by atoms with Crippen molar-refractivity contribution >= 4 is 23.2 Å². The molecule has 2 atom stereocenters. The van der Waals surface area contributed by atoms with Crippen molar-refractivity contribution in [2.24, 2.45) is 13.0 Å². The quantitative estimate of drug-likeness (QED) is 0.254. The van der Waals surface area contributed by atoms with Gasteiger partial charge >= 0.3 is 6.18 Å². The molecule has 6 rings (SSSR count). The summed E-state index contributed by atoms with van der Waals surface area (Å²) in [6.07, 6.45) is 4.67. The Hall–Kier alpha value is -4.78. The maximum absolute atomic E-state index is 13.7. The van der Waals surface area contributed by atoms with Gasteiger partial charge in [-0.3, -0.25) is 28.5 Å². The Morgan fingerprint density at radius 3 is 2.60 bits per heavy atom. The van der Waals surface area contributed by atoms with Gasteiger partial charge < -0.3 is 5.32 Å². The normalized spacial score (nSPS) is 17.2. The summed E-state index contributed by atoms with van der Waals surface area (Å²) >= 11 is 6.30. The molecular formula is C31H28ClF3N8O2. The number of nitrogens with one attached hydrogen (secondary N) is 1. The molecule has 5 aromatic rings. The zero-order chi connectivity index (χ0) is 31.9. The van der Waals surface area contributed by atoms with Crippen LogP contribution in [0.15, 0.2) is 72.3 Å². The number of fused-ring (bicyclic) bond motifs is 4. The number of anilines is 1. The number of rotatable bonds is 4. The highest BCUT2D eigenvalue weighted by Crippen LogP contribution is 2.35. The zero-order valence-electron chi connectivity index (χ0n) is 24.3. The zero-order valence-corrected chi connectivity index (χ0v) is 25.0. The second-order valence-corrected chi connectivity index (χ2v) is 11.5. The Kier molecular flexibility index (Phi) is 8.04. The number of carbonyl (C=O) groups is 1. The molecule has 1 aliphatic rings. The molecule has 0 unspecified atom stereocenters. The molecule has 10 nitrogen and oxygen atoms in total. The fourth-order valence-corrected chi connectivity index (χ4v) is 5.80. The topological polar surface area (TPSA) is 113 Å². The average molecular weight is 637 g/mol. The van der Waals surface area contributed by atoms with Crippen molar-refractivity contribution in [1.82, 2.24) is 34.1 Å². The molecule has 2 bridgehead atoms. The van der Waals surface area contributed by atoms with Gasteiger partial charge in [0.25, 0.3) is 5.56 Å². The van der Waals surface area contributed by atoms with E-state index in [9.17, 15) is 22.8 Å². The summed E-state index contributed by atoms with van der Waals surface area (Å²) in [5.74, 6) is -0.386. The SMILES string of the molecule is C[C@@H]1CCC[C@H](n2cnc(-c3cc(Cl)ccc3-c3cnn(CC(F)(F)F)c3)cc2=O)c2cc(ccn2)-c2c(cnn2C)NC1=O. The van der Waals surface area contributed by atoms with Gasteiger partial charge in [0, 0.05) is 53.1 Å². The molecule has 1 aliphatic heterocycles. The largest absolute Gasteiger partial charge is 0.408 e. The Bertz CT molecular complexity index is 1950. The lowest BCUT2D eigenvalue weighted by Crippen LogP contribution is -2.27. The van der Waals surface area contributed by atoms with Crippen molar-refractivity contribution in [3.8, 4) is 33.6 Å². The van der Waals surface area contributed by atoms with Crippen molar-refractivity contribution < 1.29 is 18.0 Å². The maximum atomic E-state index is 13.7. The summed E-state index contributed by atoms with van der Waals surface area (Å²) < 4.78 is 42.8. The molecule has 5 heterocycles. The van der Waals surface area contributed by atoms with Crippen LogP contribution < -0.4 is 10.9 Å². The lowest BCUT2D eigenvalue weighted by atomic mass is 9.96. The first-order valence-electron chi connectivity index (χ1n) is 14.2. The summed E-state index contributed by atoms with van der Waals surface area (Å²) in [4.78, 5) is 35.9. The maximum Gasteiger partial charge on any atom is 0.408 e. The van der Waals surface area contributed by atoms with Crippen LogP contribution in [0.1, 0.15) is 37.9 Å². The van der Waals surface area contributed by atoms with Crippen molar-refractivity contribution in [3.63, 3.8) is 0 Å². The number of aryl methyl sites for hydroxylation is 1. The lowest BCUT2D eigenvalue weighted by Gasteiger charge is -2.22. The van der Waals surface area contributed by atoms with E-state index in [0.717, 1.165) is 10.2 Å². The third kappa shape index (κ3) is 6.39. The van der Waals surface area contributed by atoms with E-state index in [1.807, 2.05) is 19.1 Å². The molecule has 232 valence electrons. The number of hydrogen-bond donors (Lipinski definition) is 1. The predicted octanol–water partition coefficient (Wildman–Crippen LogP) is 6.13. The first kappa shape index (κ1) is 30.3. The molecule has 0 aliphatic carbocycles. The lowest BCUT2D eigenvalue weighted by molar-refractivity contribution is -0.142. The number of carbonyl (C=O) groups excluding carboxylic acids is 1. The van der Waals surface area contributed by atoms with Crippen LogP contribution in [0.25, 0.3) is 33.6 Å². The highest BCUT2D eigenvalue weighted by Gasteiger charge is 2.29. The molecule has 45 heavy (non-hydrogen) atoms. The van der Waals surface area contributed by atoms with Crippen LogP contribution in [0.2, 0.25) is 5.02 Å². The van der Waals surface area contributed by atoms with E-state index in [1.165, 1.54) is 29.4 Å². The highest BCUT2D eigenvalue weighted by atomic mass is 35.5. The van der Waals surface area contributed by atoms with E-state index < -0.39 is 18.8 Å². The number of halogens is 4. The highest BCUT2D eigenvalue weighted by molar-refractivity contribution is 6.31. The van der Waals surface area contributed by atoms with Crippen molar-refractivity contribution in [3.05, 3.63) is 88.6 Å². The number of nitrogens with zero attached hydrogens (tertiary/aromatic N) is 7. The van der Waals surface area contributed by atoms with E-state index in [2.05, 4.69) is 25.5 Å². The number of aromatic nitrogens is 7. The average Bonchev–Trinajstić information content (AvgIpc) is 3.59. The van der Waals surface area contributed by atoms with Gasteiger partial charge in [-0.1, -0.05) is 31.0 Å². The van der Waals surface area contributed by atoms with Gasteiger partial charge in [0.15, 0.2) is 0 Å². The monoisotopic (exact) mass is 636 g/mol. The number of alkyl halides is 3. The van der Waals surface area contributed by atoms with Crippen molar-refractivity contribution in [2.45, 2.75) is 44.9 Å². The van der Waals surface area contributed by atoms with E-state index >= 15 is 0 Å². The minimum absolute atomic E-state index is 0.111. The molecule has 1 aromatic carbocycles. The predicted molar refractivity (Wildman–Crippen MR) is 162 cm³/mol. The van der Waals surface area contributed by atoms with E-state index in [1.54, 1.807) is 42.3 Å². The summed E-state index contributed by atoms with van der Waals surface area (Å²) in [6.45, 7) is 0.633. The van der Waals surface area contributed by atoms with Gasteiger partial charge in [0.05, 0.1) is 47.5 Å². The smallest absolute Gasteiger partial charge is 0.323 e. The van der Waals surface area contributed by atoms with E-state index in [4.69, 9.17) is 11.6 Å². The Labute approximate surface area is 260 Å². The molecule has 0 spiro atoms. The minimum Gasteiger partial charge on any atom is -0.323 e. The Balaban J connectivity index is 1.40. The third-order valence-electron chi connectivity index (χ3n) is 7.87. The van der Waals surface area contributed by atoms with Crippen LogP contribution in [0.3, 0.4) is 0 Å².